The Kier molecular flexibility index (Phi) is 7.13. The van der Waals surface area contributed by atoms with Crippen LogP contribution in [0.5, 0.6) is 5.75 Å². The zero-order valence-corrected chi connectivity index (χ0v) is 18.6. The Bertz CT molecular complexity index is 979. The van der Waals surface area contributed by atoms with E-state index in [4.69, 9.17) is 4.74 Å². The normalized spacial score (nSPS) is 18.1. The van der Waals surface area contributed by atoms with Crippen LogP contribution in [-0.4, -0.2) is 60.4 Å². The summed E-state index contributed by atoms with van der Waals surface area (Å²) in [7, 11) is 3.84. The summed E-state index contributed by atoms with van der Waals surface area (Å²) in [6, 6.07) is 14.0. The van der Waals surface area contributed by atoms with Gasteiger partial charge in [0.15, 0.2) is 0 Å². The molecule has 0 saturated carbocycles. The fraction of sp³-hybridized carbons (Fsp3) is 0.360. The molecule has 1 amide bonds. The molecule has 1 saturated heterocycles. The van der Waals surface area contributed by atoms with Gasteiger partial charge in [0.25, 0.3) is 11.7 Å². The van der Waals surface area contributed by atoms with Gasteiger partial charge in [-0.25, -0.2) is 0 Å². The van der Waals surface area contributed by atoms with Crippen LogP contribution in [0.4, 0.5) is 0 Å². The summed E-state index contributed by atoms with van der Waals surface area (Å²) in [5, 5.41) is 11.1. The fourth-order valence-corrected chi connectivity index (χ4v) is 3.72. The van der Waals surface area contributed by atoms with Crippen molar-refractivity contribution in [3.63, 3.8) is 0 Å². The number of likely N-dealkylation sites (N-methyl/N-ethyl adjacent to an activating group) is 1. The van der Waals surface area contributed by atoms with Crippen molar-refractivity contribution in [3.8, 4) is 5.75 Å². The molecule has 1 unspecified atom stereocenters. The molecule has 1 fully saturated rings. The number of benzene rings is 2. The molecule has 31 heavy (non-hydrogen) atoms. The molecule has 6 nitrogen and oxygen atoms in total. The average molecular weight is 423 g/mol. The zero-order chi connectivity index (χ0) is 22.5. The first-order valence-electron chi connectivity index (χ1n) is 10.6. The predicted octanol–water partition coefficient (Wildman–Crippen LogP) is 3.77. The Labute approximate surface area is 183 Å². The number of Topliss-reactive ketones (excluding diaryl/α,β-unsaturated/α-hetero) is 1. The van der Waals surface area contributed by atoms with Crippen LogP contribution in [0, 0.1) is 6.92 Å². The highest BCUT2D eigenvalue weighted by Gasteiger charge is 2.46. The number of aliphatic hydroxyl groups excluding tert-OH is 1. The molecule has 2 aromatic rings. The molecule has 1 atom stereocenters. The van der Waals surface area contributed by atoms with Crippen LogP contribution in [0.1, 0.15) is 36.1 Å². The summed E-state index contributed by atoms with van der Waals surface area (Å²) < 4.78 is 5.60. The van der Waals surface area contributed by atoms with Crippen molar-refractivity contribution in [2.45, 2.75) is 26.3 Å². The lowest BCUT2D eigenvalue weighted by Gasteiger charge is -2.27. The highest BCUT2D eigenvalue weighted by molar-refractivity contribution is 6.46. The lowest BCUT2D eigenvalue weighted by molar-refractivity contribution is -0.140. The maximum atomic E-state index is 13.0. The first kappa shape index (κ1) is 22.6. The van der Waals surface area contributed by atoms with E-state index >= 15 is 0 Å². The Balaban J connectivity index is 2.07. The van der Waals surface area contributed by atoms with Gasteiger partial charge in [-0.2, -0.15) is 0 Å². The van der Waals surface area contributed by atoms with Crippen molar-refractivity contribution in [2.75, 3.05) is 33.8 Å². The molecular weight excluding hydrogens is 392 g/mol. The lowest BCUT2D eigenvalue weighted by atomic mass is 9.92. The second-order valence-corrected chi connectivity index (χ2v) is 8.03. The van der Waals surface area contributed by atoms with Crippen LogP contribution in [0.15, 0.2) is 54.1 Å². The SMILES string of the molecule is CCCOc1ccc(/C(O)=C2/C(=O)C(=O)N(CCN(C)C)C2c2ccccc2C)cc1. The maximum Gasteiger partial charge on any atom is 0.295 e. The third-order valence-corrected chi connectivity index (χ3v) is 5.41. The van der Waals surface area contributed by atoms with Crippen LogP contribution in [0.2, 0.25) is 0 Å². The number of ether oxygens (including phenoxy) is 1. The number of hydrogen-bond acceptors (Lipinski definition) is 5. The highest BCUT2D eigenvalue weighted by Crippen LogP contribution is 2.40. The number of carbonyl (C=O) groups is 2. The summed E-state index contributed by atoms with van der Waals surface area (Å²) in [4.78, 5) is 29.5. The minimum Gasteiger partial charge on any atom is -0.507 e. The third-order valence-electron chi connectivity index (χ3n) is 5.41. The molecular formula is C25H30N2O4. The number of aryl methyl sites for hydroxylation is 1. The first-order chi connectivity index (χ1) is 14.8. The lowest BCUT2D eigenvalue weighted by Crippen LogP contribution is -2.35. The summed E-state index contributed by atoms with van der Waals surface area (Å²) in [6.07, 6.45) is 0.897. The van der Waals surface area contributed by atoms with E-state index in [-0.39, 0.29) is 11.3 Å². The number of likely N-dealkylation sites (tertiary alicyclic amines) is 1. The van der Waals surface area contributed by atoms with Gasteiger partial charge in [0.05, 0.1) is 18.2 Å². The average Bonchev–Trinajstić information content (AvgIpc) is 3.01. The van der Waals surface area contributed by atoms with Crippen molar-refractivity contribution in [2.24, 2.45) is 0 Å². The standard InChI is InChI=1S/C25H30N2O4/c1-5-16-31-19-12-10-18(11-13-19)23(28)21-22(20-9-7-6-8-17(20)2)27(15-14-26(3)4)25(30)24(21)29/h6-13,22,28H,5,14-16H2,1-4H3/b23-21-. The van der Waals surface area contributed by atoms with Crippen LogP contribution in [0.25, 0.3) is 5.76 Å². The van der Waals surface area contributed by atoms with Crippen molar-refractivity contribution < 1.29 is 19.4 Å². The molecule has 1 aliphatic heterocycles. The molecule has 6 heteroatoms. The van der Waals surface area contributed by atoms with Crippen molar-refractivity contribution >= 4 is 17.4 Å². The molecule has 1 aliphatic rings. The second-order valence-electron chi connectivity index (χ2n) is 8.03. The topological polar surface area (TPSA) is 70.1 Å². The van der Waals surface area contributed by atoms with Gasteiger partial charge in [-0.1, -0.05) is 31.2 Å². The van der Waals surface area contributed by atoms with Crippen LogP contribution < -0.4 is 4.74 Å². The van der Waals surface area contributed by atoms with E-state index in [0.29, 0.717) is 31.0 Å². The largest absolute Gasteiger partial charge is 0.507 e. The number of ketones is 1. The van der Waals surface area contributed by atoms with E-state index < -0.39 is 17.7 Å². The van der Waals surface area contributed by atoms with Gasteiger partial charge in [0.2, 0.25) is 0 Å². The number of aliphatic hydroxyl groups is 1. The molecule has 0 radical (unpaired) electrons. The molecule has 1 N–H and O–H groups in total. The van der Waals surface area contributed by atoms with Gasteiger partial charge in [0, 0.05) is 18.7 Å². The number of hydrogen-bond donors (Lipinski definition) is 1. The van der Waals surface area contributed by atoms with Gasteiger partial charge < -0.3 is 19.6 Å². The smallest absolute Gasteiger partial charge is 0.295 e. The predicted molar refractivity (Wildman–Crippen MR) is 121 cm³/mol. The van der Waals surface area contributed by atoms with E-state index in [2.05, 4.69) is 0 Å². The molecule has 0 bridgehead atoms. The number of carbonyl (C=O) groups excluding carboxylic acids is 2. The molecule has 0 aliphatic carbocycles. The molecule has 3 rings (SSSR count). The van der Waals surface area contributed by atoms with Gasteiger partial charge >= 0.3 is 0 Å². The second kappa shape index (κ2) is 9.79. The molecule has 1 heterocycles. The summed E-state index contributed by atoms with van der Waals surface area (Å²) >= 11 is 0. The monoisotopic (exact) mass is 422 g/mol. The third kappa shape index (κ3) is 4.80. The summed E-state index contributed by atoms with van der Waals surface area (Å²) in [6.45, 7) is 5.58. The first-order valence-corrected chi connectivity index (χ1v) is 10.6. The molecule has 2 aromatic carbocycles. The van der Waals surface area contributed by atoms with Crippen LogP contribution in [-0.2, 0) is 9.59 Å². The summed E-state index contributed by atoms with van der Waals surface area (Å²) in [5.74, 6) is -0.711. The minimum atomic E-state index is -0.657. The molecule has 0 spiro atoms. The molecule has 0 aromatic heterocycles. The Morgan fingerprint density at radius 2 is 1.77 bits per heavy atom. The van der Waals surface area contributed by atoms with Crippen LogP contribution in [0.3, 0.4) is 0 Å². The maximum absolute atomic E-state index is 13.0. The van der Waals surface area contributed by atoms with E-state index in [0.717, 1.165) is 17.5 Å². The Hall–Kier alpha value is -3.12. The van der Waals surface area contributed by atoms with Crippen LogP contribution >= 0.6 is 0 Å². The zero-order valence-electron chi connectivity index (χ0n) is 18.6. The van der Waals surface area contributed by atoms with Crippen molar-refractivity contribution in [1.29, 1.82) is 0 Å². The minimum absolute atomic E-state index is 0.125. The number of amides is 1. The van der Waals surface area contributed by atoms with Crippen molar-refractivity contribution in [3.05, 3.63) is 70.8 Å². The Morgan fingerprint density at radius 1 is 1.10 bits per heavy atom. The van der Waals surface area contributed by atoms with E-state index in [1.807, 2.05) is 57.1 Å². The van der Waals surface area contributed by atoms with Gasteiger partial charge in [0.1, 0.15) is 11.5 Å². The fourth-order valence-electron chi connectivity index (χ4n) is 3.72. The number of rotatable bonds is 8. The van der Waals surface area contributed by atoms with Gasteiger partial charge in [-0.15, -0.1) is 0 Å². The van der Waals surface area contributed by atoms with E-state index in [1.54, 1.807) is 29.2 Å². The van der Waals surface area contributed by atoms with Gasteiger partial charge in [-0.3, -0.25) is 9.59 Å². The number of nitrogens with zero attached hydrogens (tertiary/aromatic N) is 2. The summed E-state index contributed by atoms with van der Waals surface area (Å²) in [5.41, 5.74) is 2.40. The van der Waals surface area contributed by atoms with E-state index in [1.165, 1.54) is 0 Å². The quantitative estimate of drug-likeness (QED) is 0.398. The highest BCUT2D eigenvalue weighted by atomic mass is 16.5. The van der Waals surface area contributed by atoms with Gasteiger partial charge in [-0.05, 0) is 62.8 Å². The Morgan fingerprint density at radius 3 is 2.39 bits per heavy atom. The van der Waals surface area contributed by atoms with Crippen molar-refractivity contribution in [1.82, 2.24) is 9.80 Å². The van der Waals surface area contributed by atoms with E-state index in [9.17, 15) is 14.7 Å². The molecule has 164 valence electrons.